The van der Waals surface area contributed by atoms with Gasteiger partial charge in [-0.15, -0.1) is 0 Å². The largest absolute Gasteiger partial charge is 0.345 e. The van der Waals surface area contributed by atoms with Gasteiger partial charge in [0.15, 0.2) is 0 Å². The van der Waals surface area contributed by atoms with Gasteiger partial charge in [0.25, 0.3) is 17.7 Å². The minimum absolute atomic E-state index is 0.142. The topological polar surface area (TPSA) is 69.7 Å². The van der Waals surface area contributed by atoms with Crippen molar-refractivity contribution >= 4 is 23.4 Å². The van der Waals surface area contributed by atoms with E-state index >= 15 is 0 Å². The molecular weight excluding hydrogens is 378 g/mol. The van der Waals surface area contributed by atoms with Crippen molar-refractivity contribution in [2.45, 2.75) is 6.17 Å². The Morgan fingerprint density at radius 2 is 1.23 bits per heavy atom. The van der Waals surface area contributed by atoms with Crippen LogP contribution in [0.15, 0.2) is 78.9 Å². The monoisotopic (exact) mass is 397 g/mol. The third-order valence-corrected chi connectivity index (χ3v) is 5.60. The molecule has 0 fully saturated rings. The van der Waals surface area contributed by atoms with Crippen LogP contribution in [0, 0.1) is 0 Å². The Bertz CT molecular complexity index is 1120. The van der Waals surface area contributed by atoms with Crippen molar-refractivity contribution in [1.82, 2.24) is 10.2 Å². The number of carbonyl (C=O) groups excluding carboxylic acids is 3. The van der Waals surface area contributed by atoms with Crippen molar-refractivity contribution in [3.8, 4) is 0 Å². The Labute approximate surface area is 173 Å². The number of hydrogen-bond acceptors (Lipinski definition) is 4. The summed E-state index contributed by atoms with van der Waals surface area (Å²) in [5, 5.41) is 3.05. The number of rotatable bonds is 4. The number of amides is 3. The molecule has 2 aliphatic rings. The normalized spacial score (nSPS) is 17.6. The first-order valence-electron chi connectivity index (χ1n) is 9.82. The van der Waals surface area contributed by atoms with Crippen molar-refractivity contribution in [2.24, 2.45) is 0 Å². The van der Waals surface area contributed by atoms with E-state index in [-0.39, 0.29) is 30.4 Å². The van der Waals surface area contributed by atoms with Crippen LogP contribution in [-0.2, 0) is 0 Å². The summed E-state index contributed by atoms with van der Waals surface area (Å²) in [5.41, 5.74) is 3.17. The van der Waals surface area contributed by atoms with Crippen LogP contribution < -0.4 is 10.2 Å². The van der Waals surface area contributed by atoms with Crippen LogP contribution in [-0.4, -0.2) is 35.7 Å². The number of carbonyl (C=O) groups is 3. The lowest BCUT2D eigenvalue weighted by Crippen LogP contribution is -2.49. The summed E-state index contributed by atoms with van der Waals surface area (Å²) < 4.78 is 0. The van der Waals surface area contributed by atoms with E-state index in [4.69, 9.17) is 0 Å². The Morgan fingerprint density at radius 1 is 0.667 bits per heavy atom. The highest BCUT2D eigenvalue weighted by Gasteiger charge is 2.37. The maximum Gasteiger partial charge on any atom is 0.261 e. The number of nitrogens with one attached hydrogen (secondary N) is 1. The van der Waals surface area contributed by atoms with Crippen molar-refractivity contribution in [1.29, 1.82) is 0 Å². The quantitative estimate of drug-likeness (QED) is 0.687. The first-order chi connectivity index (χ1) is 14.6. The van der Waals surface area contributed by atoms with Gasteiger partial charge in [0.2, 0.25) is 0 Å². The average Bonchev–Trinajstić information content (AvgIpc) is 3.04. The standard InChI is InChI=1S/C24H19N3O3/c28-22-19-12-6-7-13-20(19)26(21(25-22)16-8-2-1-3-9-16)14-15-27-23(29)17-10-4-5-11-18(17)24(27)30/h1-13,21H,14-15H2,(H,25,28). The molecule has 1 unspecified atom stereocenters. The third-order valence-electron chi connectivity index (χ3n) is 5.60. The van der Waals surface area contributed by atoms with Gasteiger partial charge in [0.05, 0.1) is 22.4 Å². The van der Waals surface area contributed by atoms with Gasteiger partial charge in [-0.05, 0) is 29.8 Å². The van der Waals surface area contributed by atoms with E-state index in [1.165, 1.54) is 4.90 Å². The van der Waals surface area contributed by atoms with E-state index in [0.717, 1.165) is 11.3 Å². The summed E-state index contributed by atoms with van der Waals surface area (Å²) in [7, 11) is 0. The lowest BCUT2D eigenvalue weighted by Gasteiger charge is -2.39. The SMILES string of the molecule is O=C1NC(c2ccccc2)N(CCN2C(=O)c3ccccc3C2=O)c2ccccc21. The number of anilines is 1. The molecule has 148 valence electrons. The molecule has 6 heteroatoms. The van der Waals surface area contributed by atoms with E-state index in [0.29, 0.717) is 23.2 Å². The number of fused-ring (bicyclic) bond motifs is 2. The zero-order chi connectivity index (χ0) is 20.7. The number of benzene rings is 3. The van der Waals surface area contributed by atoms with Crippen molar-refractivity contribution in [3.63, 3.8) is 0 Å². The summed E-state index contributed by atoms with van der Waals surface area (Å²) in [4.78, 5) is 41.5. The second-order valence-electron chi connectivity index (χ2n) is 7.30. The smallest absolute Gasteiger partial charge is 0.261 e. The first-order valence-corrected chi connectivity index (χ1v) is 9.82. The fraction of sp³-hybridized carbons (Fsp3) is 0.125. The number of nitrogens with zero attached hydrogens (tertiary/aromatic N) is 2. The molecule has 0 aromatic heterocycles. The summed E-state index contributed by atoms with van der Waals surface area (Å²) in [6, 6.07) is 23.9. The second-order valence-corrected chi connectivity index (χ2v) is 7.30. The summed E-state index contributed by atoms with van der Waals surface area (Å²) in [6.07, 6.45) is -0.385. The molecule has 3 aromatic carbocycles. The predicted octanol–water partition coefficient (Wildman–Crippen LogP) is 3.23. The molecule has 5 rings (SSSR count). The van der Waals surface area contributed by atoms with Crippen LogP contribution in [0.5, 0.6) is 0 Å². The molecule has 0 saturated carbocycles. The summed E-state index contributed by atoms with van der Waals surface area (Å²) in [6.45, 7) is 0.613. The van der Waals surface area contributed by atoms with Gasteiger partial charge < -0.3 is 10.2 Å². The van der Waals surface area contributed by atoms with Crippen LogP contribution in [0.3, 0.4) is 0 Å². The Morgan fingerprint density at radius 3 is 1.90 bits per heavy atom. The number of hydrogen-bond donors (Lipinski definition) is 1. The molecule has 2 aliphatic heterocycles. The molecule has 1 N–H and O–H groups in total. The van der Waals surface area contributed by atoms with Gasteiger partial charge in [-0.2, -0.15) is 0 Å². The molecule has 0 saturated heterocycles. The van der Waals surface area contributed by atoms with Crippen molar-refractivity contribution < 1.29 is 14.4 Å². The van der Waals surface area contributed by atoms with Gasteiger partial charge >= 0.3 is 0 Å². The van der Waals surface area contributed by atoms with Crippen molar-refractivity contribution in [2.75, 3.05) is 18.0 Å². The van der Waals surface area contributed by atoms with Gasteiger partial charge in [0, 0.05) is 13.1 Å². The fourth-order valence-corrected chi connectivity index (χ4v) is 4.13. The molecule has 6 nitrogen and oxygen atoms in total. The molecule has 3 aromatic rings. The predicted molar refractivity (Wildman–Crippen MR) is 112 cm³/mol. The molecular formula is C24H19N3O3. The van der Waals surface area contributed by atoms with Gasteiger partial charge in [-0.3, -0.25) is 19.3 Å². The third kappa shape index (κ3) is 2.85. The van der Waals surface area contributed by atoms with E-state index in [2.05, 4.69) is 5.32 Å². The molecule has 0 bridgehead atoms. The molecule has 0 aliphatic carbocycles. The lowest BCUT2D eigenvalue weighted by atomic mass is 10.0. The highest BCUT2D eigenvalue weighted by atomic mass is 16.2. The maximum absolute atomic E-state index is 12.7. The highest BCUT2D eigenvalue weighted by Crippen LogP contribution is 2.33. The number of para-hydroxylation sites is 1. The van der Waals surface area contributed by atoms with E-state index < -0.39 is 0 Å². The Kier molecular flexibility index (Phi) is 4.32. The maximum atomic E-state index is 12.7. The van der Waals surface area contributed by atoms with Crippen LogP contribution in [0.1, 0.15) is 42.8 Å². The van der Waals surface area contributed by atoms with Gasteiger partial charge in [-0.25, -0.2) is 0 Å². The molecule has 3 amide bonds. The average molecular weight is 397 g/mol. The molecule has 1 atom stereocenters. The van der Waals surface area contributed by atoms with Gasteiger partial charge in [0.1, 0.15) is 6.17 Å². The van der Waals surface area contributed by atoms with Crippen LogP contribution >= 0.6 is 0 Å². The Balaban J connectivity index is 1.47. The number of imide groups is 1. The van der Waals surface area contributed by atoms with E-state index in [9.17, 15) is 14.4 Å². The summed E-state index contributed by atoms with van der Waals surface area (Å²) >= 11 is 0. The van der Waals surface area contributed by atoms with E-state index in [1.807, 2.05) is 53.4 Å². The molecule has 0 radical (unpaired) electrons. The molecule has 2 heterocycles. The summed E-state index contributed by atoms with van der Waals surface area (Å²) in [5.74, 6) is -0.696. The van der Waals surface area contributed by atoms with Crippen LogP contribution in [0.2, 0.25) is 0 Å². The molecule has 30 heavy (non-hydrogen) atoms. The zero-order valence-corrected chi connectivity index (χ0v) is 16.1. The zero-order valence-electron chi connectivity index (χ0n) is 16.1. The molecule has 0 spiro atoms. The van der Waals surface area contributed by atoms with Crippen LogP contribution in [0.25, 0.3) is 0 Å². The minimum atomic E-state index is -0.385. The van der Waals surface area contributed by atoms with E-state index in [1.54, 1.807) is 30.3 Å². The minimum Gasteiger partial charge on any atom is -0.345 e. The van der Waals surface area contributed by atoms with Crippen molar-refractivity contribution in [3.05, 3.63) is 101 Å². The first kappa shape index (κ1) is 18.1. The second kappa shape index (κ2) is 7.15. The fourth-order valence-electron chi connectivity index (χ4n) is 4.13. The lowest BCUT2D eigenvalue weighted by molar-refractivity contribution is 0.0655. The highest BCUT2D eigenvalue weighted by molar-refractivity contribution is 6.21. The Hall–Kier alpha value is -3.93. The van der Waals surface area contributed by atoms with Gasteiger partial charge in [-0.1, -0.05) is 54.6 Å². The van der Waals surface area contributed by atoms with Crippen LogP contribution in [0.4, 0.5) is 5.69 Å².